The van der Waals surface area contributed by atoms with Gasteiger partial charge in [0.1, 0.15) is 33.8 Å². The monoisotopic (exact) mass is 831 g/mol. The third-order valence-electron chi connectivity index (χ3n) is 9.00. The van der Waals surface area contributed by atoms with Crippen LogP contribution in [0.5, 0.6) is 0 Å². The third-order valence-corrected chi connectivity index (χ3v) is 13.1. The van der Waals surface area contributed by atoms with Gasteiger partial charge in [-0.25, -0.2) is 39.1 Å². The number of benzene rings is 5. The highest BCUT2D eigenvalue weighted by atomic mass is 35.5. The first-order valence-electron chi connectivity index (χ1n) is 16.5. The number of rotatable bonds is 12. The first-order valence-corrected chi connectivity index (χ1v) is 20.1. The molecule has 1 N–H and O–H groups in total. The molecular formula is C38H30Cl2F3N3O7S2. The van der Waals surface area contributed by atoms with Crippen LogP contribution in [0.25, 0.3) is 0 Å². The first-order chi connectivity index (χ1) is 26.1. The number of nitrogens with zero attached hydrogens (tertiary/aromatic N) is 3. The van der Waals surface area contributed by atoms with Crippen molar-refractivity contribution in [2.45, 2.75) is 34.7 Å². The van der Waals surface area contributed by atoms with Crippen molar-refractivity contribution in [2.75, 3.05) is 21.7 Å². The molecule has 1 fully saturated rings. The fraction of sp³-hybridized carbons (Fsp3) is 0.158. The van der Waals surface area contributed by atoms with Crippen molar-refractivity contribution >= 4 is 66.5 Å². The minimum atomic E-state index is -5.15. The quantitative estimate of drug-likeness (QED) is 0.135. The topological polar surface area (TPSA) is 132 Å². The van der Waals surface area contributed by atoms with Gasteiger partial charge in [0.2, 0.25) is 5.91 Å². The molecule has 1 saturated heterocycles. The largest absolute Gasteiger partial charge is 0.479 e. The fourth-order valence-electron chi connectivity index (χ4n) is 6.42. The van der Waals surface area contributed by atoms with E-state index in [1.54, 1.807) is 0 Å². The number of likely N-dealkylation sites (tertiary alicyclic amines) is 1. The molecule has 1 amide bonds. The molecule has 0 spiro atoms. The summed E-state index contributed by atoms with van der Waals surface area (Å²) >= 11 is 12.1. The second-order valence-corrected chi connectivity index (χ2v) is 16.9. The van der Waals surface area contributed by atoms with Crippen LogP contribution in [0.2, 0.25) is 10.0 Å². The molecule has 5 aromatic rings. The van der Waals surface area contributed by atoms with Crippen LogP contribution in [0.4, 0.5) is 24.5 Å². The second-order valence-electron chi connectivity index (χ2n) is 12.4. The molecule has 0 aromatic heterocycles. The van der Waals surface area contributed by atoms with Gasteiger partial charge in [0.05, 0.1) is 17.4 Å². The molecule has 1 heterocycles. The Morgan fingerprint density at radius 3 is 1.93 bits per heavy atom. The molecular weight excluding hydrogens is 802 g/mol. The third kappa shape index (κ3) is 8.01. The van der Waals surface area contributed by atoms with Crippen LogP contribution in [-0.2, 0) is 29.6 Å². The molecule has 0 saturated carbocycles. The fourth-order valence-corrected chi connectivity index (χ4v) is 9.85. The molecule has 1 aliphatic rings. The number of sulfonamides is 2. The molecule has 2 unspecified atom stereocenters. The van der Waals surface area contributed by atoms with Crippen molar-refractivity contribution in [3.05, 3.63) is 154 Å². The predicted molar refractivity (Wildman–Crippen MR) is 200 cm³/mol. The van der Waals surface area contributed by atoms with E-state index in [0.29, 0.717) is 22.7 Å². The summed E-state index contributed by atoms with van der Waals surface area (Å²) in [6.07, 6.45) is 1.08. The number of amides is 1. The standard InChI is InChI=1S/C38H30Cl2F3N3O7S2/c39-25-12-18-28(19-13-25)45(23-35(47)44-22-4-7-32(44)24-10-16-27(41)17-11-24)54(50,51)34-9-3-5-30(36(34)43)37(38(48)49)46(29-20-14-26(40)15-21-29)55(52,53)33-8-2-1-6-31(33)42/h1-3,5-6,8-21,32,37H,4,7,22-23H2,(H,48,49). The van der Waals surface area contributed by atoms with E-state index >= 15 is 8.78 Å². The molecule has 1 aliphatic heterocycles. The van der Waals surface area contributed by atoms with Gasteiger partial charge in [-0.1, -0.05) is 59.6 Å². The Balaban J connectivity index is 1.46. The summed E-state index contributed by atoms with van der Waals surface area (Å²) in [6, 6.07) is 19.5. The number of hydrogen-bond donors (Lipinski definition) is 1. The van der Waals surface area contributed by atoms with E-state index in [2.05, 4.69) is 0 Å². The first kappa shape index (κ1) is 39.6. The minimum absolute atomic E-state index is 0.0974. The number of anilines is 2. The zero-order valence-electron chi connectivity index (χ0n) is 28.4. The highest BCUT2D eigenvalue weighted by molar-refractivity contribution is 7.93. The minimum Gasteiger partial charge on any atom is -0.479 e. The number of aliphatic carboxylic acids is 1. The van der Waals surface area contributed by atoms with Crippen molar-refractivity contribution in [1.82, 2.24) is 4.90 Å². The summed E-state index contributed by atoms with van der Waals surface area (Å²) in [4.78, 5) is 26.4. The number of carbonyl (C=O) groups excluding carboxylic acids is 1. The van der Waals surface area contributed by atoms with Crippen molar-refractivity contribution in [1.29, 1.82) is 0 Å². The molecule has 10 nitrogen and oxygen atoms in total. The molecule has 5 aromatic carbocycles. The van der Waals surface area contributed by atoms with Gasteiger partial charge in [-0.15, -0.1) is 0 Å². The van der Waals surface area contributed by atoms with Crippen molar-refractivity contribution in [2.24, 2.45) is 0 Å². The van der Waals surface area contributed by atoms with Crippen LogP contribution in [0.15, 0.2) is 125 Å². The lowest BCUT2D eigenvalue weighted by atomic mass is 10.0. The van der Waals surface area contributed by atoms with Gasteiger partial charge in [-0.2, -0.15) is 0 Å². The number of halogens is 5. The number of hydrogen-bond acceptors (Lipinski definition) is 6. The van der Waals surface area contributed by atoms with Crippen LogP contribution in [0.3, 0.4) is 0 Å². The van der Waals surface area contributed by atoms with Gasteiger partial charge >= 0.3 is 5.97 Å². The van der Waals surface area contributed by atoms with Crippen LogP contribution < -0.4 is 8.61 Å². The Morgan fingerprint density at radius 2 is 1.33 bits per heavy atom. The van der Waals surface area contributed by atoms with E-state index in [1.165, 1.54) is 77.7 Å². The van der Waals surface area contributed by atoms with Crippen molar-refractivity contribution in [3.63, 3.8) is 0 Å². The summed E-state index contributed by atoms with van der Waals surface area (Å²) in [7, 11) is -10.3. The Morgan fingerprint density at radius 1 is 0.745 bits per heavy atom. The van der Waals surface area contributed by atoms with Gasteiger partial charge in [0.25, 0.3) is 20.0 Å². The smallest absolute Gasteiger partial charge is 0.332 e. The van der Waals surface area contributed by atoms with Crippen molar-refractivity contribution < 1.29 is 44.7 Å². The van der Waals surface area contributed by atoms with E-state index < -0.39 is 83.4 Å². The Kier molecular flexibility index (Phi) is 11.5. The summed E-state index contributed by atoms with van der Waals surface area (Å²) in [5, 5.41) is 10.9. The van der Waals surface area contributed by atoms with E-state index in [9.17, 15) is 35.9 Å². The number of carboxylic acids is 1. The maximum absolute atomic E-state index is 17.0. The van der Waals surface area contributed by atoms with E-state index in [0.717, 1.165) is 42.5 Å². The van der Waals surface area contributed by atoms with Gasteiger partial charge in [0, 0.05) is 22.2 Å². The molecule has 0 bridgehead atoms. The number of carboxylic acid groups (broad SMARTS) is 1. The SMILES string of the molecule is O=C(O)C(c1cccc(S(=O)(=O)N(CC(=O)N2CCCC2c2ccc(F)cc2)c2ccc(Cl)cc2)c1F)N(c1ccc(Cl)cc1)S(=O)(=O)c1ccccc1F. The maximum atomic E-state index is 17.0. The predicted octanol–water partition coefficient (Wildman–Crippen LogP) is 7.99. The summed E-state index contributed by atoms with van der Waals surface area (Å²) in [5.41, 5.74) is -0.744. The second kappa shape index (κ2) is 15.9. The highest BCUT2D eigenvalue weighted by Crippen LogP contribution is 2.39. The van der Waals surface area contributed by atoms with Crippen LogP contribution in [0.1, 0.15) is 36.1 Å². The average Bonchev–Trinajstić information content (AvgIpc) is 3.64. The van der Waals surface area contributed by atoms with Gasteiger partial charge in [-0.3, -0.25) is 9.10 Å². The molecule has 6 rings (SSSR count). The zero-order valence-corrected chi connectivity index (χ0v) is 31.5. The molecule has 286 valence electrons. The van der Waals surface area contributed by atoms with Crippen LogP contribution in [-0.4, -0.2) is 51.8 Å². The normalized spacial score (nSPS) is 15.1. The number of carbonyl (C=O) groups is 2. The lowest BCUT2D eigenvalue weighted by molar-refractivity contribution is -0.138. The Hall–Kier alpha value is -5.09. The van der Waals surface area contributed by atoms with Crippen LogP contribution >= 0.6 is 23.2 Å². The van der Waals surface area contributed by atoms with Gasteiger partial charge < -0.3 is 10.0 Å². The average molecular weight is 833 g/mol. The molecule has 17 heteroatoms. The van der Waals surface area contributed by atoms with E-state index in [4.69, 9.17) is 23.2 Å². The molecule has 55 heavy (non-hydrogen) atoms. The van der Waals surface area contributed by atoms with E-state index in [1.807, 2.05) is 0 Å². The zero-order chi connectivity index (χ0) is 39.7. The molecule has 0 radical (unpaired) electrons. The highest BCUT2D eigenvalue weighted by Gasteiger charge is 2.42. The molecule has 2 atom stereocenters. The lowest BCUT2D eigenvalue weighted by Gasteiger charge is -2.32. The summed E-state index contributed by atoms with van der Waals surface area (Å²) in [6.45, 7) is -0.594. The maximum Gasteiger partial charge on any atom is 0.332 e. The van der Waals surface area contributed by atoms with Crippen molar-refractivity contribution in [3.8, 4) is 0 Å². The lowest BCUT2D eigenvalue weighted by Crippen LogP contribution is -2.43. The van der Waals surface area contributed by atoms with Gasteiger partial charge in [0.15, 0.2) is 6.04 Å². The van der Waals surface area contributed by atoms with E-state index in [-0.39, 0.29) is 32.3 Å². The molecule has 0 aliphatic carbocycles. The Labute approximate surface area is 325 Å². The van der Waals surface area contributed by atoms with Crippen LogP contribution in [0, 0.1) is 17.5 Å². The van der Waals surface area contributed by atoms with Gasteiger partial charge in [-0.05, 0) is 97.3 Å². The summed E-state index contributed by atoms with van der Waals surface area (Å²) < 4.78 is 104. The Bertz CT molecular complexity index is 2460. The summed E-state index contributed by atoms with van der Waals surface area (Å²) in [5.74, 6) is -5.96.